The zero-order chi connectivity index (χ0) is 14.9. The van der Waals surface area contributed by atoms with E-state index in [0.29, 0.717) is 0 Å². The van der Waals surface area contributed by atoms with Gasteiger partial charge in [-0.25, -0.2) is 0 Å². The van der Waals surface area contributed by atoms with Gasteiger partial charge < -0.3 is 5.32 Å². The molecule has 1 unspecified atom stereocenters. The van der Waals surface area contributed by atoms with Crippen LogP contribution in [-0.4, -0.2) is 7.05 Å². The van der Waals surface area contributed by atoms with E-state index in [0.717, 1.165) is 31.2 Å². The van der Waals surface area contributed by atoms with Crippen molar-refractivity contribution in [3.63, 3.8) is 0 Å². The van der Waals surface area contributed by atoms with Crippen LogP contribution in [0.1, 0.15) is 28.3 Å². The van der Waals surface area contributed by atoms with Gasteiger partial charge in [-0.3, -0.25) is 0 Å². The molecular formula is C16H16BrCl2N. The highest BCUT2D eigenvalue weighted by molar-refractivity contribution is 9.10. The lowest BCUT2D eigenvalue weighted by Gasteiger charge is -2.21. The Labute approximate surface area is 138 Å². The molecule has 0 fully saturated rings. The first kappa shape index (κ1) is 15.8. The van der Waals surface area contributed by atoms with Crippen LogP contribution in [-0.2, 0) is 0 Å². The molecule has 2 rings (SSSR count). The molecule has 2 aromatic rings. The van der Waals surface area contributed by atoms with Gasteiger partial charge in [-0.2, -0.15) is 0 Å². The molecular weight excluding hydrogens is 357 g/mol. The van der Waals surface area contributed by atoms with Crippen LogP contribution in [0.3, 0.4) is 0 Å². The third-order valence-electron chi connectivity index (χ3n) is 3.42. The maximum atomic E-state index is 6.38. The number of hydrogen-bond donors (Lipinski definition) is 1. The van der Waals surface area contributed by atoms with Gasteiger partial charge in [-0.15, -0.1) is 0 Å². The number of benzene rings is 2. The Balaban J connectivity index is 2.55. The second-order valence-electron chi connectivity index (χ2n) is 4.85. The minimum atomic E-state index is 0.0477. The lowest BCUT2D eigenvalue weighted by Crippen LogP contribution is -2.19. The molecule has 0 aliphatic carbocycles. The van der Waals surface area contributed by atoms with Gasteiger partial charge in [0.25, 0.3) is 0 Å². The highest BCUT2D eigenvalue weighted by atomic mass is 79.9. The van der Waals surface area contributed by atoms with E-state index in [9.17, 15) is 0 Å². The molecule has 1 atom stereocenters. The third kappa shape index (κ3) is 3.20. The second-order valence-corrected chi connectivity index (χ2v) is 6.58. The molecule has 0 aromatic heterocycles. The molecule has 1 nitrogen and oxygen atoms in total. The third-order valence-corrected chi connectivity index (χ3v) is 4.65. The Hall–Kier alpha value is -0.540. The normalized spacial score (nSPS) is 12.5. The standard InChI is InChI=1S/C16H16BrCl2N/c1-9-7-14(18)10(2)6-13(9)16(20-3)12-5-4-11(17)8-15(12)19/h4-8,16,20H,1-3H3. The van der Waals surface area contributed by atoms with Crippen molar-refractivity contribution < 1.29 is 0 Å². The molecule has 0 spiro atoms. The van der Waals surface area contributed by atoms with Crippen LogP contribution in [0.4, 0.5) is 0 Å². The first-order chi connectivity index (χ1) is 9.43. The Morgan fingerprint density at radius 2 is 1.65 bits per heavy atom. The minimum Gasteiger partial charge on any atom is -0.309 e. The molecule has 0 aliphatic heterocycles. The monoisotopic (exact) mass is 371 g/mol. The van der Waals surface area contributed by atoms with Gasteiger partial charge in [0.1, 0.15) is 0 Å². The van der Waals surface area contributed by atoms with E-state index < -0.39 is 0 Å². The molecule has 0 radical (unpaired) electrons. The smallest absolute Gasteiger partial charge is 0.0591 e. The van der Waals surface area contributed by atoms with E-state index in [2.05, 4.69) is 34.2 Å². The van der Waals surface area contributed by atoms with Crippen LogP contribution in [0.15, 0.2) is 34.8 Å². The zero-order valence-electron chi connectivity index (χ0n) is 11.6. The van der Waals surface area contributed by atoms with Gasteiger partial charge in [0.2, 0.25) is 0 Å². The number of rotatable bonds is 3. The van der Waals surface area contributed by atoms with Crippen molar-refractivity contribution in [3.8, 4) is 0 Å². The van der Waals surface area contributed by atoms with E-state index in [4.69, 9.17) is 23.2 Å². The maximum Gasteiger partial charge on any atom is 0.0591 e. The summed E-state index contributed by atoms with van der Waals surface area (Å²) in [7, 11) is 1.94. The second kappa shape index (κ2) is 6.48. The lowest BCUT2D eigenvalue weighted by atomic mass is 9.93. The fraction of sp³-hybridized carbons (Fsp3) is 0.250. The zero-order valence-corrected chi connectivity index (χ0v) is 14.7. The van der Waals surface area contributed by atoms with Gasteiger partial charge in [-0.05, 0) is 61.3 Å². The van der Waals surface area contributed by atoms with Crippen LogP contribution in [0.5, 0.6) is 0 Å². The molecule has 1 N–H and O–H groups in total. The molecule has 0 aliphatic rings. The molecule has 4 heteroatoms. The lowest BCUT2D eigenvalue weighted by molar-refractivity contribution is 0.687. The SMILES string of the molecule is CNC(c1cc(C)c(Cl)cc1C)c1ccc(Br)cc1Cl. The summed E-state index contributed by atoms with van der Waals surface area (Å²) in [6, 6.07) is 10.1. The average molecular weight is 373 g/mol. The van der Waals surface area contributed by atoms with Crippen molar-refractivity contribution in [1.82, 2.24) is 5.32 Å². The topological polar surface area (TPSA) is 12.0 Å². The molecule has 0 bridgehead atoms. The molecule has 20 heavy (non-hydrogen) atoms. The van der Waals surface area contributed by atoms with Gasteiger partial charge in [0, 0.05) is 14.5 Å². The van der Waals surface area contributed by atoms with Crippen molar-refractivity contribution in [2.75, 3.05) is 7.05 Å². The Morgan fingerprint density at radius 3 is 2.25 bits per heavy atom. The Morgan fingerprint density at radius 1 is 0.950 bits per heavy atom. The molecule has 0 saturated heterocycles. The summed E-state index contributed by atoms with van der Waals surface area (Å²) in [4.78, 5) is 0. The van der Waals surface area contributed by atoms with E-state index in [-0.39, 0.29) is 6.04 Å². The van der Waals surface area contributed by atoms with Gasteiger partial charge >= 0.3 is 0 Å². The molecule has 106 valence electrons. The van der Waals surface area contributed by atoms with Crippen LogP contribution in [0.25, 0.3) is 0 Å². The quantitative estimate of drug-likeness (QED) is 0.730. The van der Waals surface area contributed by atoms with Crippen molar-refractivity contribution in [1.29, 1.82) is 0 Å². The Bertz CT molecular complexity index is 641. The fourth-order valence-corrected chi connectivity index (χ4v) is 3.33. The van der Waals surface area contributed by atoms with Crippen molar-refractivity contribution in [3.05, 3.63) is 67.1 Å². The predicted molar refractivity (Wildman–Crippen MR) is 91.0 cm³/mol. The molecule has 0 amide bonds. The highest BCUT2D eigenvalue weighted by Gasteiger charge is 2.18. The van der Waals surface area contributed by atoms with Crippen LogP contribution in [0, 0.1) is 13.8 Å². The van der Waals surface area contributed by atoms with Crippen molar-refractivity contribution in [2.24, 2.45) is 0 Å². The number of nitrogens with one attached hydrogen (secondary N) is 1. The molecule has 2 aromatic carbocycles. The van der Waals surface area contributed by atoms with E-state index in [1.54, 1.807) is 0 Å². The first-order valence-electron chi connectivity index (χ1n) is 6.33. The summed E-state index contributed by atoms with van der Waals surface area (Å²) in [6.07, 6.45) is 0. The number of aryl methyl sites for hydroxylation is 2. The van der Waals surface area contributed by atoms with Crippen LogP contribution >= 0.6 is 39.1 Å². The largest absolute Gasteiger partial charge is 0.309 e. The summed E-state index contributed by atoms with van der Waals surface area (Å²) in [6.45, 7) is 4.08. The average Bonchev–Trinajstić information content (AvgIpc) is 2.38. The molecule has 0 heterocycles. The highest BCUT2D eigenvalue weighted by Crippen LogP contribution is 2.33. The van der Waals surface area contributed by atoms with Crippen LogP contribution in [0.2, 0.25) is 10.0 Å². The Kier molecular flexibility index (Phi) is 5.14. The maximum absolute atomic E-state index is 6.38. The summed E-state index contributed by atoms with van der Waals surface area (Å²) in [5, 5.41) is 4.88. The number of halogens is 3. The number of hydrogen-bond acceptors (Lipinski definition) is 1. The van der Waals surface area contributed by atoms with E-state index in [1.165, 1.54) is 5.56 Å². The van der Waals surface area contributed by atoms with Crippen molar-refractivity contribution in [2.45, 2.75) is 19.9 Å². The van der Waals surface area contributed by atoms with Gasteiger partial charge in [-0.1, -0.05) is 51.3 Å². The summed E-state index contributed by atoms with van der Waals surface area (Å²) in [5.74, 6) is 0. The van der Waals surface area contributed by atoms with Crippen LogP contribution < -0.4 is 5.32 Å². The predicted octanol–water partition coefficient (Wildman–Crippen LogP) is 5.68. The summed E-state index contributed by atoms with van der Waals surface area (Å²) >= 11 is 16.0. The fourth-order valence-electron chi connectivity index (χ4n) is 2.33. The first-order valence-corrected chi connectivity index (χ1v) is 7.87. The van der Waals surface area contributed by atoms with E-state index >= 15 is 0 Å². The summed E-state index contributed by atoms with van der Waals surface area (Å²) < 4.78 is 0.977. The van der Waals surface area contributed by atoms with Crippen molar-refractivity contribution >= 4 is 39.1 Å². The van der Waals surface area contributed by atoms with Gasteiger partial charge in [0.15, 0.2) is 0 Å². The molecule has 0 saturated carbocycles. The minimum absolute atomic E-state index is 0.0477. The van der Waals surface area contributed by atoms with E-state index in [1.807, 2.05) is 38.2 Å². The summed E-state index contributed by atoms with van der Waals surface area (Å²) in [5.41, 5.74) is 4.47. The van der Waals surface area contributed by atoms with Gasteiger partial charge in [0.05, 0.1) is 6.04 Å².